The van der Waals surface area contributed by atoms with Gasteiger partial charge >= 0.3 is 0 Å². The van der Waals surface area contributed by atoms with Gasteiger partial charge in [-0.3, -0.25) is 9.36 Å². The average Bonchev–Trinajstić information content (AvgIpc) is 3.41. The summed E-state index contributed by atoms with van der Waals surface area (Å²) in [6, 6.07) is 18.0. The van der Waals surface area contributed by atoms with Crippen LogP contribution in [0.25, 0.3) is 17.1 Å². The maximum Gasteiger partial charge on any atom is 0.231 e. The topological polar surface area (TPSA) is 83.6 Å². The molecule has 0 bridgehead atoms. The van der Waals surface area contributed by atoms with Crippen molar-refractivity contribution in [2.45, 2.75) is 17.1 Å². The van der Waals surface area contributed by atoms with Gasteiger partial charge in [-0.05, 0) is 36.4 Å². The molecule has 1 saturated heterocycles. The zero-order valence-electron chi connectivity index (χ0n) is 15.9. The van der Waals surface area contributed by atoms with Gasteiger partial charge in [-0.15, -0.1) is 10.2 Å². The van der Waals surface area contributed by atoms with Crippen LogP contribution in [0, 0.1) is 17.1 Å². The van der Waals surface area contributed by atoms with Crippen LogP contribution < -0.4 is 5.32 Å². The summed E-state index contributed by atoms with van der Waals surface area (Å²) >= 11 is 2.86. The maximum atomic E-state index is 14.4. The van der Waals surface area contributed by atoms with Gasteiger partial charge in [0.25, 0.3) is 0 Å². The van der Waals surface area contributed by atoms with Crippen LogP contribution in [0.15, 0.2) is 59.8 Å². The fraction of sp³-hybridized carbons (Fsp3) is 0.238. The van der Waals surface area contributed by atoms with Gasteiger partial charge in [-0.25, -0.2) is 4.39 Å². The summed E-state index contributed by atoms with van der Waals surface area (Å²) in [5, 5.41) is 21.2. The molecule has 1 atom stereocenters. The van der Waals surface area contributed by atoms with E-state index in [0.717, 1.165) is 11.4 Å². The molecule has 9 heteroatoms. The van der Waals surface area contributed by atoms with E-state index in [0.29, 0.717) is 28.7 Å². The minimum absolute atomic E-state index is 0.0797. The molecule has 1 aliphatic rings. The molecule has 1 N–H and O–H groups in total. The molecule has 2 heterocycles. The lowest BCUT2D eigenvalue weighted by Crippen LogP contribution is -2.48. The molecular formula is C21H18FN5OS2. The second kappa shape index (κ2) is 8.90. The lowest BCUT2D eigenvalue weighted by molar-refractivity contribution is -0.119. The number of hydrogen-bond acceptors (Lipinski definition) is 6. The molecule has 0 spiro atoms. The number of halogens is 1. The van der Waals surface area contributed by atoms with Crippen LogP contribution in [0.1, 0.15) is 6.42 Å². The number of nitriles is 1. The molecule has 30 heavy (non-hydrogen) atoms. The van der Waals surface area contributed by atoms with Crippen molar-refractivity contribution in [3.05, 3.63) is 60.4 Å². The van der Waals surface area contributed by atoms with Crippen molar-refractivity contribution in [1.82, 2.24) is 20.1 Å². The second-order valence-corrected chi connectivity index (χ2v) is 8.84. The number of nitrogens with zero attached hydrogens (tertiary/aromatic N) is 4. The highest BCUT2D eigenvalue weighted by Crippen LogP contribution is 2.30. The van der Waals surface area contributed by atoms with Crippen molar-refractivity contribution < 1.29 is 9.18 Å². The third-order valence-electron chi connectivity index (χ3n) is 4.71. The number of carbonyl (C=O) groups excluding carboxylic acids is 1. The summed E-state index contributed by atoms with van der Waals surface area (Å²) in [5.74, 6) is 1.26. The van der Waals surface area contributed by atoms with E-state index in [1.165, 1.54) is 17.8 Å². The van der Waals surface area contributed by atoms with Crippen molar-refractivity contribution in [1.29, 1.82) is 5.26 Å². The lowest BCUT2D eigenvalue weighted by Gasteiger charge is -2.21. The van der Waals surface area contributed by atoms with E-state index in [1.807, 2.05) is 30.3 Å². The minimum Gasteiger partial charge on any atom is -0.336 e. The monoisotopic (exact) mass is 439 g/mol. The number of hydrogen-bond donors (Lipinski definition) is 1. The predicted molar refractivity (Wildman–Crippen MR) is 116 cm³/mol. The first-order valence-corrected chi connectivity index (χ1v) is 11.4. The third-order valence-corrected chi connectivity index (χ3v) is 6.83. The molecule has 1 unspecified atom stereocenters. The van der Waals surface area contributed by atoms with Crippen LogP contribution in [0.5, 0.6) is 0 Å². The van der Waals surface area contributed by atoms with Gasteiger partial charge in [0.05, 0.1) is 17.4 Å². The Balaban J connectivity index is 1.60. The predicted octanol–water partition coefficient (Wildman–Crippen LogP) is 3.68. The standard InChI is InChI=1S/C21H18FN5OS2/c22-17-9-5-4-8-16(17)19-25-26-20(27(19)15-6-2-1-3-7-15)30-12-18(28)24-21(13-23)10-11-29-14-21/h1-9H,10-12,14H2,(H,24,28). The van der Waals surface area contributed by atoms with Crippen LogP contribution in [0.3, 0.4) is 0 Å². The van der Waals surface area contributed by atoms with E-state index in [-0.39, 0.29) is 11.7 Å². The molecule has 0 saturated carbocycles. The Kier molecular flexibility index (Phi) is 6.06. The molecule has 0 aliphatic carbocycles. The fourth-order valence-corrected chi connectivity index (χ4v) is 5.22. The highest BCUT2D eigenvalue weighted by atomic mass is 32.2. The van der Waals surface area contributed by atoms with Crippen LogP contribution >= 0.6 is 23.5 Å². The fourth-order valence-electron chi connectivity index (χ4n) is 3.20. The zero-order valence-corrected chi connectivity index (χ0v) is 17.5. The molecular weight excluding hydrogens is 421 g/mol. The summed E-state index contributed by atoms with van der Waals surface area (Å²) in [6.45, 7) is 0. The summed E-state index contributed by atoms with van der Waals surface area (Å²) < 4.78 is 16.2. The summed E-state index contributed by atoms with van der Waals surface area (Å²) in [5.41, 5.74) is 0.300. The average molecular weight is 440 g/mol. The lowest BCUT2D eigenvalue weighted by atomic mass is 10.0. The number of aromatic nitrogens is 3. The van der Waals surface area contributed by atoms with Gasteiger partial charge in [-0.1, -0.05) is 42.1 Å². The Bertz CT molecular complexity index is 1090. The Morgan fingerprint density at radius 2 is 2.00 bits per heavy atom. The highest BCUT2D eigenvalue weighted by molar-refractivity contribution is 8.00. The van der Waals surface area contributed by atoms with E-state index >= 15 is 0 Å². The van der Waals surface area contributed by atoms with E-state index in [1.54, 1.807) is 34.5 Å². The van der Waals surface area contributed by atoms with Crippen LogP contribution in [-0.4, -0.2) is 43.5 Å². The van der Waals surface area contributed by atoms with Crippen molar-refractivity contribution >= 4 is 29.4 Å². The van der Waals surface area contributed by atoms with Gasteiger partial charge in [0.2, 0.25) is 5.91 Å². The smallest absolute Gasteiger partial charge is 0.231 e. The van der Waals surface area contributed by atoms with E-state index in [9.17, 15) is 14.4 Å². The molecule has 1 aliphatic heterocycles. The van der Waals surface area contributed by atoms with Gasteiger partial charge in [0, 0.05) is 11.4 Å². The van der Waals surface area contributed by atoms with Gasteiger partial charge in [0.15, 0.2) is 11.0 Å². The van der Waals surface area contributed by atoms with Crippen molar-refractivity contribution in [3.63, 3.8) is 0 Å². The molecule has 6 nitrogen and oxygen atoms in total. The molecule has 1 amide bonds. The molecule has 1 aromatic heterocycles. The summed E-state index contributed by atoms with van der Waals surface area (Å²) in [4.78, 5) is 12.5. The van der Waals surface area contributed by atoms with Crippen molar-refractivity contribution in [3.8, 4) is 23.1 Å². The Hall–Kier alpha value is -2.83. The molecule has 1 fully saturated rings. The number of para-hydroxylation sites is 1. The van der Waals surface area contributed by atoms with Crippen LogP contribution in [0.4, 0.5) is 4.39 Å². The second-order valence-electron chi connectivity index (χ2n) is 6.79. The van der Waals surface area contributed by atoms with Crippen molar-refractivity contribution in [2.75, 3.05) is 17.3 Å². The normalized spacial score (nSPS) is 18.1. The third kappa shape index (κ3) is 4.20. The zero-order chi connectivity index (χ0) is 21.0. The molecule has 2 aromatic carbocycles. The number of carbonyl (C=O) groups is 1. The van der Waals surface area contributed by atoms with Crippen LogP contribution in [-0.2, 0) is 4.79 Å². The van der Waals surface area contributed by atoms with Crippen LogP contribution in [0.2, 0.25) is 0 Å². The number of amides is 1. The maximum absolute atomic E-state index is 14.4. The first-order valence-electron chi connectivity index (χ1n) is 9.30. The van der Waals surface area contributed by atoms with Crippen molar-refractivity contribution in [2.24, 2.45) is 0 Å². The number of benzene rings is 2. The van der Waals surface area contributed by atoms with Gasteiger partial charge in [0.1, 0.15) is 11.4 Å². The highest BCUT2D eigenvalue weighted by Gasteiger charge is 2.36. The SMILES string of the molecule is N#CC1(NC(=O)CSc2nnc(-c3ccccc3F)n2-c2ccccc2)CCSC1. The summed E-state index contributed by atoms with van der Waals surface area (Å²) in [7, 11) is 0. The largest absolute Gasteiger partial charge is 0.336 e. The number of thioether (sulfide) groups is 2. The molecule has 0 radical (unpaired) electrons. The molecule has 4 rings (SSSR count). The minimum atomic E-state index is -0.798. The van der Waals surface area contributed by atoms with Gasteiger partial charge < -0.3 is 5.32 Å². The van der Waals surface area contributed by atoms with E-state index < -0.39 is 11.4 Å². The Morgan fingerprint density at radius 3 is 2.70 bits per heavy atom. The number of rotatable bonds is 6. The molecule has 152 valence electrons. The first-order chi connectivity index (χ1) is 14.6. The van der Waals surface area contributed by atoms with E-state index in [4.69, 9.17) is 0 Å². The summed E-state index contributed by atoms with van der Waals surface area (Å²) in [6.07, 6.45) is 0.641. The quantitative estimate of drug-likeness (QED) is 0.590. The van der Waals surface area contributed by atoms with Gasteiger partial charge in [-0.2, -0.15) is 17.0 Å². The number of nitrogens with one attached hydrogen (secondary N) is 1. The van der Waals surface area contributed by atoms with E-state index in [2.05, 4.69) is 21.6 Å². The Morgan fingerprint density at radius 1 is 1.23 bits per heavy atom. The Labute approximate surface area is 181 Å². The first kappa shape index (κ1) is 20.4. The molecule has 3 aromatic rings.